The van der Waals surface area contributed by atoms with Crippen molar-refractivity contribution >= 4 is 11.9 Å². The zero-order valence-corrected chi connectivity index (χ0v) is 17.0. The maximum absolute atomic E-state index is 12.2. The fraction of sp³-hybridized carbons (Fsp3) is 0.895. The van der Waals surface area contributed by atoms with E-state index in [4.69, 9.17) is 0 Å². The highest BCUT2D eigenvalue weighted by molar-refractivity contribution is 5.81. The molecular weight excluding hydrogens is 328 g/mol. The Labute approximate surface area is 159 Å². The van der Waals surface area contributed by atoms with Gasteiger partial charge in [-0.15, -0.1) is 0 Å². The van der Waals surface area contributed by atoms with Crippen LogP contribution in [0, 0.1) is 0 Å². The van der Waals surface area contributed by atoms with Crippen molar-refractivity contribution in [1.29, 1.82) is 0 Å². The molecule has 2 N–H and O–H groups in total. The summed E-state index contributed by atoms with van der Waals surface area (Å²) in [6.45, 7) is 7.36. The molecule has 2 saturated heterocycles. The Hall–Kier alpha value is -1.34. The van der Waals surface area contributed by atoms with Gasteiger partial charge in [0.1, 0.15) is 0 Å². The van der Waals surface area contributed by atoms with Gasteiger partial charge in [-0.05, 0) is 51.7 Å². The van der Waals surface area contributed by atoms with Gasteiger partial charge < -0.3 is 20.4 Å². The number of nitrogens with zero attached hydrogens (tertiary/aromatic N) is 4. The van der Waals surface area contributed by atoms with E-state index < -0.39 is 0 Å². The summed E-state index contributed by atoms with van der Waals surface area (Å²) in [6.07, 6.45) is 7.18. The highest BCUT2D eigenvalue weighted by Gasteiger charge is 2.30. The monoisotopic (exact) mass is 366 g/mol. The normalized spacial score (nSPS) is 22.4. The van der Waals surface area contributed by atoms with Crippen molar-refractivity contribution in [2.24, 2.45) is 4.99 Å². The first kappa shape index (κ1) is 21.0. The Morgan fingerprint density at radius 1 is 1.04 bits per heavy atom. The predicted molar refractivity (Wildman–Crippen MR) is 108 cm³/mol. The number of aliphatic imine (C=N–C) groups is 1. The molecule has 0 aromatic heterocycles. The van der Waals surface area contributed by atoms with E-state index in [2.05, 4.69) is 25.4 Å². The summed E-state index contributed by atoms with van der Waals surface area (Å²) < 4.78 is 0. The fourth-order valence-corrected chi connectivity index (χ4v) is 3.90. The summed E-state index contributed by atoms with van der Waals surface area (Å²) in [4.78, 5) is 23.1. The van der Waals surface area contributed by atoms with Crippen LogP contribution >= 0.6 is 0 Å². The van der Waals surface area contributed by atoms with Crippen molar-refractivity contribution in [1.82, 2.24) is 25.3 Å². The van der Waals surface area contributed by atoms with Gasteiger partial charge in [0.15, 0.2) is 5.96 Å². The molecule has 7 nitrogen and oxygen atoms in total. The molecule has 0 aromatic carbocycles. The third-order valence-electron chi connectivity index (χ3n) is 5.40. The maximum atomic E-state index is 12.2. The molecule has 1 unspecified atom stereocenters. The van der Waals surface area contributed by atoms with Crippen molar-refractivity contribution in [2.45, 2.75) is 44.6 Å². The number of likely N-dealkylation sites (N-methyl/N-ethyl adjacent to an activating group) is 1. The van der Waals surface area contributed by atoms with E-state index in [1.807, 2.05) is 21.1 Å². The molecule has 0 aromatic rings. The third kappa shape index (κ3) is 6.76. The summed E-state index contributed by atoms with van der Waals surface area (Å²) in [6, 6.07) is 0.0759. The van der Waals surface area contributed by atoms with Crippen LogP contribution in [0.5, 0.6) is 0 Å². The van der Waals surface area contributed by atoms with Crippen LogP contribution in [0.4, 0.5) is 0 Å². The standard InChI is InChI=1S/C19H38N6O/c1-20-19(22-11-16-24-12-5-4-6-13-24)21-10-8-15-25-14-7-9-17(25)18(26)23(2)3/h17H,4-16H2,1-3H3,(H2,20,21,22). The van der Waals surface area contributed by atoms with Gasteiger partial charge in [-0.1, -0.05) is 6.42 Å². The highest BCUT2D eigenvalue weighted by Crippen LogP contribution is 2.18. The zero-order chi connectivity index (χ0) is 18.8. The summed E-state index contributed by atoms with van der Waals surface area (Å²) in [5.74, 6) is 1.12. The number of hydrogen-bond acceptors (Lipinski definition) is 4. The van der Waals surface area contributed by atoms with Crippen molar-refractivity contribution in [3.8, 4) is 0 Å². The van der Waals surface area contributed by atoms with Crippen LogP contribution in [0.1, 0.15) is 38.5 Å². The average Bonchev–Trinajstić information content (AvgIpc) is 3.12. The van der Waals surface area contributed by atoms with E-state index in [-0.39, 0.29) is 11.9 Å². The van der Waals surface area contributed by atoms with E-state index in [0.29, 0.717) is 0 Å². The Morgan fingerprint density at radius 2 is 1.77 bits per heavy atom. The van der Waals surface area contributed by atoms with Gasteiger partial charge in [0.2, 0.25) is 5.91 Å². The van der Waals surface area contributed by atoms with Crippen LogP contribution in [0.25, 0.3) is 0 Å². The van der Waals surface area contributed by atoms with E-state index in [1.165, 1.54) is 32.4 Å². The van der Waals surface area contributed by atoms with Crippen molar-refractivity contribution < 1.29 is 4.79 Å². The van der Waals surface area contributed by atoms with E-state index in [1.54, 1.807) is 4.90 Å². The van der Waals surface area contributed by atoms with Crippen molar-refractivity contribution in [3.63, 3.8) is 0 Å². The zero-order valence-electron chi connectivity index (χ0n) is 17.0. The van der Waals surface area contributed by atoms with Gasteiger partial charge in [-0.3, -0.25) is 14.7 Å². The molecule has 7 heteroatoms. The lowest BCUT2D eigenvalue weighted by atomic mass is 10.1. The molecule has 2 aliphatic rings. The molecule has 2 heterocycles. The largest absolute Gasteiger partial charge is 0.356 e. The van der Waals surface area contributed by atoms with Gasteiger partial charge in [-0.2, -0.15) is 0 Å². The fourth-order valence-electron chi connectivity index (χ4n) is 3.90. The Kier molecular flexibility index (Phi) is 9.18. The molecule has 26 heavy (non-hydrogen) atoms. The number of hydrogen-bond donors (Lipinski definition) is 2. The lowest BCUT2D eigenvalue weighted by Crippen LogP contribution is -2.45. The second-order valence-electron chi connectivity index (χ2n) is 7.61. The number of carbonyl (C=O) groups is 1. The summed E-state index contributed by atoms with van der Waals surface area (Å²) in [5, 5.41) is 6.81. The number of piperidine rings is 1. The van der Waals surface area contributed by atoms with Gasteiger partial charge in [-0.25, -0.2) is 0 Å². The second-order valence-corrected chi connectivity index (χ2v) is 7.61. The van der Waals surface area contributed by atoms with Crippen LogP contribution in [0.15, 0.2) is 4.99 Å². The maximum Gasteiger partial charge on any atom is 0.239 e. The molecule has 2 fully saturated rings. The molecule has 2 aliphatic heterocycles. The van der Waals surface area contributed by atoms with Crippen LogP contribution in [-0.2, 0) is 4.79 Å². The number of carbonyl (C=O) groups excluding carboxylic acids is 1. The van der Waals surface area contributed by atoms with Gasteiger partial charge >= 0.3 is 0 Å². The first-order chi connectivity index (χ1) is 12.6. The number of likely N-dealkylation sites (tertiary alicyclic amines) is 2. The number of nitrogens with one attached hydrogen (secondary N) is 2. The van der Waals surface area contributed by atoms with E-state index >= 15 is 0 Å². The topological polar surface area (TPSA) is 63.2 Å². The number of amides is 1. The molecule has 1 amide bonds. The van der Waals surface area contributed by atoms with Crippen LogP contribution < -0.4 is 10.6 Å². The summed E-state index contributed by atoms with van der Waals surface area (Å²) >= 11 is 0. The first-order valence-corrected chi connectivity index (χ1v) is 10.2. The van der Waals surface area contributed by atoms with Crippen LogP contribution in [0.3, 0.4) is 0 Å². The molecule has 0 saturated carbocycles. The number of rotatable bonds is 8. The number of guanidine groups is 1. The Morgan fingerprint density at radius 3 is 2.46 bits per heavy atom. The second kappa shape index (κ2) is 11.4. The average molecular weight is 367 g/mol. The van der Waals surface area contributed by atoms with Crippen LogP contribution in [-0.4, -0.2) is 99.6 Å². The third-order valence-corrected chi connectivity index (χ3v) is 5.40. The van der Waals surface area contributed by atoms with Gasteiger partial charge in [0.25, 0.3) is 0 Å². The minimum atomic E-state index is 0.0759. The van der Waals surface area contributed by atoms with E-state index in [9.17, 15) is 4.79 Å². The molecule has 0 bridgehead atoms. The SMILES string of the molecule is CN=C(NCCCN1CCCC1C(=O)N(C)C)NCCN1CCCCC1. The molecular formula is C19H38N6O. The smallest absolute Gasteiger partial charge is 0.239 e. The predicted octanol–water partition coefficient (Wildman–Crippen LogP) is 0.580. The Balaban J connectivity index is 1.59. The lowest BCUT2D eigenvalue weighted by molar-refractivity contribution is -0.133. The molecule has 1 atom stereocenters. The quantitative estimate of drug-likeness (QED) is 0.374. The van der Waals surface area contributed by atoms with Crippen molar-refractivity contribution in [2.75, 3.05) is 67.0 Å². The van der Waals surface area contributed by atoms with Crippen molar-refractivity contribution in [3.05, 3.63) is 0 Å². The Bertz CT molecular complexity index is 447. The molecule has 150 valence electrons. The molecule has 0 radical (unpaired) electrons. The minimum absolute atomic E-state index is 0.0759. The highest BCUT2D eigenvalue weighted by atomic mass is 16.2. The molecule has 0 aliphatic carbocycles. The first-order valence-electron chi connectivity index (χ1n) is 10.2. The lowest BCUT2D eigenvalue weighted by Gasteiger charge is -2.27. The summed E-state index contributed by atoms with van der Waals surface area (Å²) in [5.41, 5.74) is 0. The molecule has 0 spiro atoms. The van der Waals surface area contributed by atoms with E-state index in [0.717, 1.165) is 57.9 Å². The van der Waals surface area contributed by atoms with Gasteiger partial charge in [0, 0.05) is 47.3 Å². The molecule has 2 rings (SSSR count). The minimum Gasteiger partial charge on any atom is -0.356 e. The van der Waals surface area contributed by atoms with Crippen LogP contribution in [0.2, 0.25) is 0 Å². The van der Waals surface area contributed by atoms with Gasteiger partial charge in [0.05, 0.1) is 6.04 Å². The summed E-state index contributed by atoms with van der Waals surface area (Å²) in [7, 11) is 5.52.